The minimum atomic E-state index is -1.21. The van der Waals surface area contributed by atoms with E-state index >= 15 is 0 Å². The molecule has 0 aliphatic carbocycles. The summed E-state index contributed by atoms with van der Waals surface area (Å²) in [5.41, 5.74) is -0.605. The average Bonchev–Trinajstić information content (AvgIpc) is 3.21. The van der Waals surface area contributed by atoms with Crippen molar-refractivity contribution in [3.63, 3.8) is 0 Å². The Balaban J connectivity index is 1.46. The summed E-state index contributed by atoms with van der Waals surface area (Å²) in [5, 5.41) is 13.1. The number of imide groups is 1. The molecule has 0 saturated carbocycles. The molecule has 2 fully saturated rings. The topological polar surface area (TPSA) is 101 Å². The van der Waals surface area contributed by atoms with Crippen LogP contribution in [0.25, 0.3) is 0 Å². The molecule has 3 aliphatic heterocycles. The van der Waals surface area contributed by atoms with Crippen molar-refractivity contribution < 1.29 is 28.9 Å². The molecule has 9 heteroatoms. The van der Waals surface area contributed by atoms with Crippen molar-refractivity contribution in [2.45, 2.75) is 18.6 Å². The maximum absolute atomic E-state index is 13.0. The highest BCUT2D eigenvalue weighted by molar-refractivity contribution is 6.07. The molecule has 0 radical (unpaired) electrons. The number of urea groups is 1. The molecule has 146 valence electrons. The monoisotopic (exact) mass is 377 g/mol. The maximum atomic E-state index is 13.0. The van der Waals surface area contributed by atoms with Gasteiger partial charge in [0.05, 0.1) is 25.9 Å². The predicted molar refractivity (Wildman–Crippen MR) is 93.4 cm³/mol. The zero-order valence-electron chi connectivity index (χ0n) is 15.1. The molecule has 1 aromatic rings. The van der Waals surface area contributed by atoms with E-state index in [4.69, 9.17) is 14.2 Å². The highest BCUT2D eigenvalue weighted by Crippen LogP contribution is 2.37. The van der Waals surface area contributed by atoms with Gasteiger partial charge in [-0.15, -0.1) is 0 Å². The molecule has 1 aromatic carbocycles. The number of carbonyl (C=O) groups excluding carboxylic acids is 2. The van der Waals surface area contributed by atoms with Gasteiger partial charge in [-0.1, -0.05) is 6.07 Å². The number of aliphatic hydroxyl groups is 1. The number of morpholine rings is 1. The molecule has 2 saturated heterocycles. The second kappa shape index (κ2) is 6.99. The van der Waals surface area contributed by atoms with E-state index in [-0.39, 0.29) is 13.3 Å². The minimum Gasteiger partial charge on any atom is -0.454 e. The van der Waals surface area contributed by atoms with Crippen molar-refractivity contribution >= 4 is 11.9 Å². The summed E-state index contributed by atoms with van der Waals surface area (Å²) in [4.78, 5) is 28.6. The van der Waals surface area contributed by atoms with Crippen molar-refractivity contribution in [3.8, 4) is 11.5 Å². The average molecular weight is 377 g/mol. The Bertz CT molecular complexity index is 751. The van der Waals surface area contributed by atoms with E-state index in [1.54, 1.807) is 25.1 Å². The van der Waals surface area contributed by atoms with Crippen LogP contribution in [0.15, 0.2) is 18.2 Å². The summed E-state index contributed by atoms with van der Waals surface area (Å²) in [7, 11) is 0. The minimum absolute atomic E-state index is 0.0534. The number of carbonyl (C=O) groups is 2. The number of amides is 3. The number of hydrogen-bond acceptors (Lipinski definition) is 7. The lowest BCUT2D eigenvalue weighted by Gasteiger charge is -2.29. The van der Waals surface area contributed by atoms with Crippen LogP contribution in [0.5, 0.6) is 11.5 Å². The van der Waals surface area contributed by atoms with Crippen molar-refractivity contribution in [2.24, 2.45) is 0 Å². The van der Waals surface area contributed by atoms with E-state index in [1.165, 1.54) is 0 Å². The van der Waals surface area contributed by atoms with Crippen LogP contribution in [-0.2, 0) is 15.1 Å². The van der Waals surface area contributed by atoms with E-state index in [2.05, 4.69) is 10.2 Å². The Kier molecular flexibility index (Phi) is 4.67. The van der Waals surface area contributed by atoms with Gasteiger partial charge < -0.3 is 24.6 Å². The standard InChI is InChI=1S/C18H23N3O6/c1-18(12-2-3-14-15(8-12)27-11-26-14)16(23)21(17(24)19-18)10-13(22)9-20-4-6-25-7-5-20/h2-3,8,13,22H,4-7,9-11H2,1H3,(H,19,24)/t13-,18-/m0/s1. The summed E-state index contributed by atoms with van der Waals surface area (Å²) in [5.74, 6) is 0.755. The van der Waals surface area contributed by atoms with Gasteiger partial charge in [0, 0.05) is 19.6 Å². The normalized spacial score (nSPS) is 26.4. The number of aliphatic hydroxyl groups excluding tert-OH is 1. The summed E-state index contributed by atoms with van der Waals surface area (Å²) < 4.78 is 15.9. The first-order chi connectivity index (χ1) is 13.0. The third-order valence-electron chi connectivity index (χ3n) is 5.19. The van der Waals surface area contributed by atoms with Gasteiger partial charge in [-0.05, 0) is 24.6 Å². The van der Waals surface area contributed by atoms with Crippen LogP contribution >= 0.6 is 0 Å². The van der Waals surface area contributed by atoms with Crippen LogP contribution in [0, 0.1) is 0 Å². The quantitative estimate of drug-likeness (QED) is 0.690. The van der Waals surface area contributed by atoms with Gasteiger partial charge in [0.2, 0.25) is 6.79 Å². The Hall–Kier alpha value is -2.36. The molecular weight excluding hydrogens is 354 g/mol. The second-order valence-electron chi connectivity index (χ2n) is 7.11. The lowest BCUT2D eigenvalue weighted by molar-refractivity contribution is -0.132. The third kappa shape index (κ3) is 3.33. The highest BCUT2D eigenvalue weighted by atomic mass is 16.7. The fraction of sp³-hybridized carbons (Fsp3) is 0.556. The van der Waals surface area contributed by atoms with Gasteiger partial charge in [-0.3, -0.25) is 14.6 Å². The van der Waals surface area contributed by atoms with Gasteiger partial charge in [0.1, 0.15) is 5.54 Å². The number of nitrogens with one attached hydrogen (secondary N) is 1. The number of fused-ring (bicyclic) bond motifs is 1. The molecule has 3 amide bonds. The SMILES string of the molecule is C[C@@]1(c2ccc3c(c2)OCO3)NC(=O)N(C[C@@H](O)CN2CCOCC2)C1=O. The van der Waals surface area contributed by atoms with Crippen LogP contribution in [-0.4, -0.2) is 79.1 Å². The van der Waals surface area contributed by atoms with Crippen LogP contribution in [0.3, 0.4) is 0 Å². The van der Waals surface area contributed by atoms with Crippen molar-refractivity contribution in [1.82, 2.24) is 15.1 Å². The van der Waals surface area contributed by atoms with Gasteiger partial charge >= 0.3 is 6.03 Å². The zero-order chi connectivity index (χ0) is 19.0. The summed E-state index contributed by atoms with van der Waals surface area (Å²) in [6.07, 6.45) is -0.822. The summed E-state index contributed by atoms with van der Waals surface area (Å²) in [6.45, 7) is 4.83. The molecule has 3 aliphatic rings. The van der Waals surface area contributed by atoms with E-state index in [0.717, 1.165) is 18.0 Å². The van der Waals surface area contributed by atoms with Crippen LogP contribution in [0.1, 0.15) is 12.5 Å². The van der Waals surface area contributed by atoms with Crippen LogP contribution in [0.2, 0.25) is 0 Å². The predicted octanol–water partition coefficient (Wildman–Crippen LogP) is -0.125. The lowest BCUT2D eigenvalue weighted by Crippen LogP contribution is -2.46. The van der Waals surface area contributed by atoms with Gasteiger partial charge in [0.15, 0.2) is 11.5 Å². The molecule has 9 nitrogen and oxygen atoms in total. The second-order valence-corrected chi connectivity index (χ2v) is 7.11. The number of hydrogen-bond donors (Lipinski definition) is 2. The Morgan fingerprint density at radius 3 is 2.70 bits per heavy atom. The number of nitrogens with zero attached hydrogens (tertiary/aromatic N) is 2. The zero-order valence-corrected chi connectivity index (χ0v) is 15.1. The summed E-state index contributed by atoms with van der Waals surface area (Å²) in [6, 6.07) is 4.65. The molecule has 0 aromatic heterocycles. The highest BCUT2D eigenvalue weighted by Gasteiger charge is 2.49. The van der Waals surface area contributed by atoms with Gasteiger partial charge in [-0.25, -0.2) is 4.79 Å². The van der Waals surface area contributed by atoms with E-state index in [1.807, 2.05) is 0 Å². The molecule has 4 rings (SSSR count). The molecule has 0 unspecified atom stereocenters. The number of ether oxygens (including phenoxy) is 3. The van der Waals surface area contributed by atoms with E-state index in [0.29, 0.717) is 36.8 Å². The number of rotatable bonds is 5. The number of benzene rings is 1. The molecule has 3 heterocycles. The fourth-order valence-corrected chi connectivity index (χ4v) is 3.62. The summed E-state index contributed by atoms with van der Waals surface area (Å²) >= 11 is 0. The smallest absolute Gasteiger partial charge is 0.325 e. The molecule has 0 bridgehead atoms. The molecule has 0 spiro atoms. The Morgan fingerprint density at radius 1 is 1.19 bits per heavy atom. The largest absolute Gasteiger partial charge is 0.454 e. The van der Waals surface area contributed by atoms with Gasteiger partial charge in [-0.2, -0.15) is 0 Å². The first-order valence-electron chi connectivity index (χ1n) is 9.00. The first kappa shape index (κ1) is 18.0. The van der Waals surface area contributed by atoms with Crippen molar-refractivity contribution in [3.05, 3.63) is 23.8 Å². The van der Waals surface area contributed by atoms with E-state index < -0.39 is 23.6 Å². The number of β-amino-alcohol motifs (C(OH)–C–C–N with tert-alkyl or cyclic N) is 1. The molecule has 2 N–H and O–H groups in total. The Labute approximate surface area is 156 Å². The van der Waals surface area contributed by atoms with Crippen LogP contribution < -0.4 is 14.8 Å². The van der Waals surface area contributed by atoms with Gasteiger partial charge in [0.25, 0.3) is 5.91 Å². The Morgan fingerprint density at radius 2 is 1.93 bits per heavy atom. The lowest BCUT2D eigenvalue weighted by atomic mass is 9.91. The first-order valence-corrected chi connectivity index (χ1v) is 9.00. The van der Waals surface area contributed by atoms with E-state index in [9.17, 15) is 14.7 Å². The van der Waals surface area contributed by atoms with Crippen molar-refractivity contribution in [1.29, 1.82) is 0 Å². The molecule has 2 atom stereocenters. The third-order valence-corrected chi connectivity index (χ3v) is 5.19. The molecule has 27 heavy (non-hydrogen) atoms. The maximum Gasteiger partial charge on any atom is 0.325 e. The van der Waals surface area contributed by atoms with Crippen LogP contribution in [0.4, 0.5) is 4.79 Å². The fourth-order valence-electron chi connectivity index (χ4n) is 3.62. The molecular formula is C18H23N3O6. The van der Waals surface area contributed by atoms with Crippen molar-refractivity contribution in [2.75, 3.05) is 46.2 Å².